The average molecular weight is 345 g/mol. The Kier molecular flexibility index (Phi) is 4.76. The Morgan fingerprint density at radius 3 is 2.65 bits per heavy atom. The Morgan fingerprint density at radius 1 is 1.09 bits per heavy atom. The Hall–Kier alpha value is -2.15. The van der Waals surface area contributed by atoms with Crippen molar-refractivity contribution in [3.8, 4) is 11.3 Å². The molecule has 2 aromatic heterocycles. The van der Waals surface area contributed by atoms with Crippen molar-refractivity contribution < 1.29 is 12.8 Å². The lowest BCUT2D eigenvalue weighted by molar-refractivity contribution is 0.511. The van der Waals surface area contributed by atoms with Gasteiger partial charge in [0.25, 0.3) is 0 Å². The second kappa shape index (κ2) is 6.95. The van der Waals surface area contributed by atoms with Crippen molar-refractivity contribution in [2.45, 2.75) is 6.54 Å². The van der Waals surface area contributed by atoms with Crippen LogP contribution in [0.1, 0.15) is 11.3 Å². The molecule has 2 heterocycles. The monoisotopic (exact) mass is 345 g/mol. The summed E-state index contributed by atoms with van der Waals surface area (Å²) in [7, 11) is -3.51. The zero-order valence-corrected chi connectivity index (χ0v) is 13.8. The van der Waals surface area contributed by atoms with Crippen molar-refractivity contribution in [2.24, 2.45) is 0 Å². The molecule has 0 saturated heterocycles. The van der Waals surface area contributed by atoms with E-state index in [4.69, 9.17) is 4.42 Å². The number of hydrogen-bond donors (Lipinski definition) is 1. The number of nitrogens with one attached hydrogen (secondary N) is 1. The highest BCUT2D eigenvalue weighted by molar-refractivity contribution is 7.92. The first-order valence-corrected chi connectivity index (χ1v) is 9.45. The number of furan rings is 1. The standard InChI is InChI=1S/C17H15NO3S2/c19-23(20,11-9-14-4-2-1-3-5-14)18-12-16-6-7-17(21-16)15-8-10-22-13-15/h1-11,13,18H,12H2/b11-9+. The van der Waals surface area contributed by atoms with Crippen LogP contribution in [0.5, 0.6) is 0 Å². The second-order valence-corrected chi connectivity index (χ2v) is 7.29. The molecule has 0 amide bonds. The van der Waals surface area contributed by atoms with Crippen molar-refractivity contribution in [3.05, 3.63) is 76.0 Å². The molecule has 0 spiro atoms. The summed E-state index contributed by atoms with van der Waals surface area (Å²) in [4.78, 5) is 0. The normalized spacial score (nSPS) is 12.0. The summed E-state index contributed by atoms with van der Waals surface area (Å²) in [5, 5.41) is 5.11. The maximum atomic E-state index is 12.0. The average Bonchev–Trinajstić information content (AvgIpc) is 3.23. The fourth-order valence-electron chi connectivity index (χ4n) is 1.98. The van der Waals surface area contributed by atoms with Crippen LogP contribution in [-0.2, 0) is 16.6 Å². The lowest BCUT2D eigenvalue weighted by atomic mass is 10.2. The summed E-state index contributed by atoms with van der Waals surface area (Å²) in [5.74, 6) is 1.31. The topological polar surface area (TPSA) is 59.3 Å². The van der Waals surface area contributed by atoms with Gasteiger partial charge in [-0.05, 0) is 35.2 Å². The van der Waals surface area contributed by atoms with E-state index in [1.807, 2.05) is 53.2 Å². The highest BCUT2D eigenvalue weighted by atomic mass is 32.2. The van der Waals surface area contributed by atoms with E-state index in [2.05, 4.69) is 4.72 Å². The smallest absolute Gasteiger partial charge is 0.234 e. The third-order valence-corrected chi connectivity index (χ3v) is 4.88. The van der Waals surface area contributed by atoms with Gasteiger partial charge in [-0.1, -0.05) is 30.3 Å². The van der Waals surface area contributed by atoms with Gasteiger partial charge in [-0.2, -0.15) is 11.3 Å². The maximum Gasteiger partial charge on any atom is 0.234 e. The van der Waals surface area contributed by atoms with Crippen molar-refractivity contribution in [2.75, 3.05) is 0 Å². The van der Waals surface area contributed by atoms with E-state index in [-0.39, 0.29) is 6.54 Å². The number of thiophene rings is 1. The fourth-order valence-corrected chi connectivity index (χ4v) is 3.41. The number of hydrogen-bond acceptors (Lipinski definition) is 4. The van der Waals surface area contributed by atoms with Crippen LogP contribution in [0.15, 0.2) is 69.1 Å². The number of rotatable bonds is 6. The Bertz CT molecular complexity index is 879. The highest BCUT2D eigenvalue weighted by Gasteiger charge is 2.09. The van der Waals surface area contributed by atoms with Gasteiger partial charge in [0.05, 0.1) is 6.54 Å². The highest BCUT2D eigenvalue weighted by Crippen LogP contribution is 2.24. The lowest BCUT2D eigenvalue weighted by Crippen LogP contribution is -2.20. The molecule has 4 nitrogen and oxygen atoms in total. The van der Waals surface area contributed by atoms with Gasteiger partial charge in [-0.25, -0.2) is 13.1 Å². The summed E-state index contributed by atoms with van der Waals surface area (Å²) in [6.45, 7) is 0.117. The Labute approximate surface area is 139 Å². The molecule has 0 fully saturated rings. The number of benzene rings is 1. The van der Waals surface area contributed by atoms with E-state index in [1.165, 1.54) is 0 Å². The molecular weight excluding hydrogens is 330 g/mol. The van der Waals surface area contributed by atoms with Crippen LogP contribution >= 0.6 is 11.3 Å². The molecule has 1 aromatic carbocycles. The van der Waals surface area contributed by atoms with Crippen LogP contribution in [0.3, 0.4) is 0 Å². The van der Waals surface area contributed by atoms with Crippen molar-refractivity contribution in [3.63, 3.8) is 0 Å². The van der Waals surface area contributed by atoms with Gasteiger partial charge in [0.15, 0.2) is 0 Å². The van der Waals surface area contributed by atoms with E-state index in [0.29, 0.717) is 5.76 Å². The van der Waals surface area contributed by atoms with E-state index in [1.54, 1.807) is 23.5 Å². The lowest BCUT2D eigenvalue weighted by Gasteiger charge is -2.00. The summed E-state index contributed by atoms with van der Waals surface area (Å²) in [6, 6.07) is 14.8. The minimum absolute atomic E-state index is 0.117. The van der Waals surface area contributed by atoms with Crippen molar-refractivity contribution in [1.29, 1.82) is 0 Å². The molecule has 1 N–H and O–H groups in total. The molecule has 0 aliphatic rings. The van der Waals surface area contributed by atoms with Crippen LogP contribution in [0.25, 0.3) is 17.4 Å². The summed E-state index contributed by atoms with van der Waals surface area (Å²) < 4.78 is 32.1. The number of sulfonamides is 1. The molecule has 3 rings (SSSR count). The third kappa shape index (κ3) is 4.41. The molecule has 23 heavy (non-hydrogen) atoms. The van der Waals surface area contributed by atoms with Gasteiger partial charge in [-0.15, -0.1) is 0 Å². The molecule has 0 bridgehead atoms. The van der Waals surface area contributed by atoms with Gasteiger partial charge in [0.2, 0.25) is 10.0 Å². The quantitative estimate of drug-likeness (QED) is 0.732. The summed E-state index contributed by atoms with van der Waals surface area (Å²) in [5.41, 5.74) is 1.82. The van der Waals surface area contributed by atoms with Crippen molar-refractivity contribution >= 4 is 27.4 Å². The van der Waals surface area contributed by atoms with Crippen LogP contribution in [0, 0.1) is 0 Å². The fraction of sp³-hybridized carbons (Fsp3) is 0.0588. The second-order valence-electron chi connectivity index (χ2n) is 4.86. The van der Waals surface area contributed by atoms with Crippen LogP contribution in [0.2, 0.25) is 0 Å². The Morgan fingerprint density at radius 2 is 1.91 bits per heavy atom. The molecule has 0 unspecified atom stereocenters. The van der Waals surface area contributed by atoms with Gasteiger partial charge in [0, 0.05) is 16.4 Å². The molecule has 6 heteroatoms. The summed E-state index contributed by atoms with van der Waals surface area (Å²) in [6.07, 6.45) is 1.56. The van der Waals surface area contributed by atoms with E-state index >= 15 is 0 Å². The van der Waals surface area contributed by atoms with Crippen LogP contribution in [-0.4, -0.2) is 8.42 Å². The van der Waals surface area contributed by atoms with Gasteiger partial charge >= 0.3 is 0 Å². The van der Waals surface area contributed by atoms with E-state index in [0.717, 1.165) is 22.3 Å². The van der Waals surface area contributed by atoms with Crippen LogP contribution < -0.4 is 4.72 Å². The SMILES string of the molecule is O=S(=O)(/C=C/c1ccccc1)NCc1ccc(-c2ccsc2)o1. The maximum absolute atomic E-state index is 12.0. The first kappa shape index (κ1) is 15.7. The third-order valence-electron chi connectivity index (χ3n) is 3.15. The van der Waals surface area contributed by atoms with E-state index in [9.17, 15) is 8.42 Å². The molecule has 0 atom stereocenters. The summed E-state index contributed by atoms with van der Waals surface area (Å²) >= 11 is 1.59. The molecule has 0 aliphatic heterocycles. The first-order valence-electron chi connectivity index (χ1n) is 6.96. The molecule has 0 saturated carbocycles. The van der Waals surface area contributed by atoms with Crippen molar-refractivity contribution in [1.82, 2.24) is 4.72 Å². The molecule has 3 aromatic rings. The molecule has 0 aliphatic carbocycles. The minimum atomic E-state index is -3.51. The largest absolute Gasteiger partial charge is 0.460 e. The minimum Gasteiger partial charge on any atom is -0.460 e. The molecule has 118 valence electrons. The van der Waals surface area contributed by atoms with Gasteiger partial charge < -0.3 is 4.42 Å². The molecular formula is C17H15NO3S2. The zero-order chi connectivity index (χ0) is 16.1. The molecule has 0 radical (unpaired) electrons. The van der Waals surface area contributed by atoms with Crippen LogP contribution in [0.4, 0.5) is 0 Å². The predicted molar refractivity (Wildman–Crippen MR) is 93.3 cm³/mol. The van der Waals surface area contributed by atoms with Gasteiger partial charge in [-0.3, -0.25) is 0 Å². The van der Waals surface area contributed by atoms with E-state index < -0.39 is 10.0 Å². The first-order chi connectivity index (χ1) is 11.1. The zero-order valence-electron chi connectivity index (χ0n) is 12.2. The Balaban J connectivity index is 1.62. The predicted octanol–water partition coefficient (Wildman–Crippen LogP) is 4.10. The van der Waals surface area contributed by atoms with Gasteiger partial charge in [0.1, 0.15) is 11.5 Å².